The van der Waals surface area contributed by atoms with E-state index >= 15 is 0 Å². The Morgan fingerprint density at radius 1 is 0.903 bits per heavy atom. The predicted molar refractivity (Wildman–Crippen MR) is 113 cm³/mol. The monoisotopic (exact) mass is 419 g/mol. The van der Waals surface area contributed by atoms with Crippen molar-refractivity contribution in [2.75, 3.05) is 19.9 Å². The van der Waals surface area contributed by atoms with Crippen molar-refractivity contribution in [1.29, 1.82) is 0 Å². The van der Waals surface area contributed by atoms with Crippen molar-refractivity contribution >= 4 is 11.7 Å². The molecule has 3 aliphatic heterocycles. The Bertz CT molecular complexity index is 1080. The standard InChI is InChI=1S/C25H25NO5/c27-20-14-25(31-22-12-17-4-2-1-3-16(17)11-19(20)22)7-9-26(10-8-25)24(28)18-5-6-21-23(13-18)30-15-29-21/h5-6,11-13H,1-4,7-10,14-15H2. The van der Waals surface area contributed by atoms with Crippen LogP contribution >= 0.6 is 0 Å². The largest absolute Gasteiger partial charge is 0.486 e. The third-order valence-electron chi connectivity index (χ3n) is 7.14. The van der Waals surface area contributed by atoms with Crippen LogP contribution in [0.2, 0.25) is 0 Å². The van der Waals surface area contributed by atoms with Gasteiger partial charge < -0.3 is 19.1 Å². The zero-order valence-electron chi connectivity index (χ0n) is 17.4. The Labute approximate surface area is 181 Å². The van der Waals surface area contributed by atoms with Gasteiger partial charge in [-0.05, 0) is 67.1 Å². The smallest absolute Gasteiger partial charge is 0.253 e. The number of aryl methyl sites for hydroxylation is 2. The Balaban J connectivity index is 1.19. The fraction of sp³-hybridized carbons (Fsp3) is 0.440. The lowest BCUT2D eigenvalue weighted by Gasteiger charge is -2.44. The summed E-state index contributed by atoms with van der Waals surface area (Å²) in [6.45, 7) is 1.33. The molecule has 6 heteroatoms. The molecule has 31 heavy (non-hydrogen) atoms. The molecular formula is C25H25NO5. The summed E-state index contributed by atoms with van der Waals surface area (Å²) in [4.78, 5) is 27.9. The average molecular weight is 419 g/mol. The number of benzene rings is 2. The van der Waals surface area contributed by atoms with Gasteiger partial charge in [0.15, 0.2) is 17.3 Å². The van der Waals surface area contributed by atoms with Crippen LogP contribution in [0.1, 0.15) is 63.9 Å². The van der Waals surface area contributed by atoms with Crippen LogP contribution < -0.4 is 14.2 Å². The molecular weight excluding hydrogens is 394 g/mol. The molecule has 1 amide bonds. The van der Waals surface area contributed by atoms with E-state index in [1.165, 1.54) is 24.0 Å². The number of piperidine rings is 1. The molecule has 3 heterocycles. The minimum Gasteiger partial charge on any atom is -0.486 e. The molecule has 0 aromatic heterocycles. The van der Waals surface area contributed by atoms with Crippen molar-refractivity contribution in [3.8, 4) is 17.2 Å². The summed E-state index contributed by atoms with van der Waals surface area (Å²) in [6, 6.07) is 9.47. The van der Waals surface area contributed by atoms with Crippen molar-refractivity contribution in [3.63, 3.8) is 0 Å². The Morgan fingerprint density at radius 2 is 1.65 bits per heavy atom. The number of ether oxygens (including phenoxy) is 3. The average Bonchev–Trinajstić information content (AvgIpc) is 3.26. The minimum absolute atomic E-state index is 0.0234. The highest BCUT2D eigenvalue weighted by Crippen LogP contribution is 2.42. The molecule has 4 aliphatic rings. The molecule has 1 saturated heterocycles. The lowest BCUT2D eigenvalue weighted by molar-refractivity contribution is -0.00579. The summed E-state index contributed by atoms with van der Waals surface area (Å²) in [5.74, 6) is 2.17. The molecule has 6 rings (SSSR count). The van der Waals surface area contributed by atoms with Crippen molar-refractivity contribution in [3.05, 3.63) is 52.6 Å². The van der Waals surface area contributed by atoms with E-state index in [0.29, 0.717) is 49.4 Å². The molecule has 2 aromatic rings. The van der Waals surface area contributed by atoms with Crippen LogP contribution in [0, 0.1) is 0 Å². The zero-order valence-corrected chi connectivity index (χ0v) is 17.4. The fourth-order valence-electron chi connectivity index (χ4n) is 5.33. The quantitative estimate of drug-likeness (QED) is 0.701. The molecule has 1 fully saturated rings. The third-order valence-corrected chi connectivity index (χ3v) is 7.14. The second kappa shape index (κ2) is 7.01. The van der Waals surface area contributed by atoms with E-state index in [1.54, 1.807) is 18.2 Å². The SMILES string of the molecule is O=C1CC2(CCN(C(=O)c3ccc4c(c3)OCO4)CC2)Oc2cc3c(cc21)CCCC3. The maximum absolute atomic E-state index is 13.0. The molecule has 1 aliphatic carbocycles. The lowest BCUT2D eigenvalue weighted by Crippen LogP contribution is -2.52. The summed E-state index contributed by atoms with van der Waals surface area (Å²) < 4.78 is 17.2. The summed E-state index contributed by atoms with van der Waals surface area (Å²) >= 11 is 0. The number of nitrogens with zero attached hydrogens (tertiary/aromatic N) is 1. The molecule has 0 radical (unpaired) electrons. The van der Waals surface area contributed by atoms with Crippen LogP contribution in [-0.2, 0) is 12.8 Å². The van der Waals surface area contributed by atoms with E-state index in [2.05, 4.69) is 12.1 Å². The summed E-state index contributed by atoms with van der Waals surface area (Å²) in [5, 5.41) is 0. The number of carbonyl (C=O) groups excluding carboxylic acids is 2. The lowest BCUT2D eigenvalue weighted by atomic mass is 9.80. The number of hydrogen-bond acceptors (Lipinski definition) is 5. The van der Waals surface area contributed by atoms with Gasteiger partial charge in [0.2, 0.25) is 6.79 Å². The van der Waals surface area contributed by atoms with Crippen molar-refractivity contribution in [2.24, 2.45) is 0 Å². The summed E-state index contributed by atoms with van der Waals surface area (Å²) in [7, 11) is 0. The molecule has 0 unspecified atom stereocenters. The van der Waals surface area contributed by atoms with Crippen LogP contribution in [0.5, 0.6) is 17.2 Å². The maximum Gasteiger partial charge on any atom is 0.253 e. The van der Waals surface area contributed by atoms with Gasteiger partial charge in [-0.15, -0.1) is 0 Å². The highest BCUT2D eigenvalue weighted by Gasteiger charge is 2.44. The second-order valence-electron chi connectivity index (χ2n) is 9.07. The molecule has 0 saturated carbocycles. The second-order valence-corrected chi connectivity index (χ2v) is 9.07. The Kier molecular flexibility index (Phi) is 4.23. The number of fused-ring (bicyclic) bond motifs is 3. The number of amides is 1. The van der Waals surface area contributed by atoms with Gasteiger partial charge >= 0.3 is 0 Å². The van der Waals surface area contributed by atoms with Crippen molar-refractivity contribution < 1.29 is 23.8 Å². The Morgan fingerprint density at radius 3 is 2.45 bits per heavy atom. The van der Waals surface area contributed by atoms with Gasteiger partial charge in [0.1, 0.15) is 11.4 Å². The van der Waals surface area contributed by atoms with Crippen LogP contribution in [0.25, 0.3) is 0 Å². The first-order chi connectivity index (χ1) is 15.1. The maximum atomic E-state index is 13.0. The van der Waals surface area contributed by atoms with E-state index in [4.69, 9.17) is 14.2 Å². The van der Waals surface area contributed by atoms with E-state index in [-0.39, 0.29) is 18.5 Å². The van der Waals surface area contributed by atoms with Crippen LogP contribution in [0.3, 0.4) is 0 Å². The van der Waals surface area contributed by atoms with E-state index in [0.717, 1.165) is 24.2 Å². The van der Waals surface area contributed by atoms with Crippen molar-refractivity contribution in [2.45, 2.75) is 50.5 Å². The van der Waals surface area contributed by atoms with Gasteiger partial charge in [0, 0.05) is 31.5 Å². The fourth-order valence-corrected chi connectivity index (χ4v) is 5.33. The van der Waals surface area contributed by atoms with Crippen LogP contribution in [-0.4, -0.2) is 42.1 Å². The number of carbonyl (C=O) groups is 2. The van der Waals surface area contributed by atoms with Gasteiger partial charge in [-0.3, -0.25) is 9.59 Å². The number of likely N-dealkylation sites (tertiary alicyclic amines) is 1. The Hall–Kier alpha value is -3.02. The third kappa shape index (κ3) is 3.16. The summed E-state index contributed by atoms with van der Waals surface area (Å²) in [5.41, 5.74) is 3.47. The van der Waals surface area contributed by atoms with Gasteiger partial charge in [0.05, 0.1) is 12.0 Å². The van der Waals surface area contributed by atoms with Crippen LogP contribution in [0.15, 0.2) is 30.3 Å². The van der Waals surface area contributed by atoms with Gasteiger partial charge in [-0.1, -0.05) is 0 Å². The number of rotatable bonds is 1. The first kappa shape index (κ1) is 18.7. The molecule has 0 atom stereocenters. The van der Waals surface area contributed by atoms with E-state index in [9.17, 15) is 9.59 Å². The van der Waals surface area contributed by atoms with E-state index in [1.807, 2.05) is 4.90 Å². The number of hydrogen-bond donors (Lipinski definition) is 0. The summed E-state index contributed by atoms with van der Waals surface area (Å²) in [6.07, 6.45) is 6.21. The molecule has 1 spiro atoms. The molecule has 0 bridgehead atoms. The number of Topliss-reactive ketones (excluding diaryl/α,β-unsaturated/α-hetero) is 1. The first-order valence-corrected chi connectivity index (χ1v) is 11.2. The minimum atomic E-state index is -0.501. The highest BCUT2D eigenvalue weighted by atomic mass is 16.7. The van der Waals surface area contributed by atoms with Gasteiger partial charge in [-0.2, -0.15) is 0 Å². The van der Waals surface area contributed by atoms with E-state index < -0.39 is 5.60 Å². The predicted octanol–water partition coefficient (Wildman–Crippen LogP) is 3.93. The number of ketones is 1. The molecule has 160 valence electrons. The van der Waals surface area contributed by atoms with Crippen LogP contribution in [0.4, 0.5) is 0 Å². The molecule has 0 N–H and O–H groups in total. The van der Waals surface area contributed by atoms with Crippen molar-refractivity contribution in [1.82, 2.24) is 4.90 Å². The first-order valence-electron chi connectivity index (χ1n) is 11.2. The van der Waals surface area contributed by atoms with Gasteiger partial charge in [0.25, 0.3) is 5.91 Å². The zero-order chi connectivity index (χ0) is 21.0. The molecule has 2 aromatic carbocycles. The topological polar surface area (TPSA) is 65.1 Å². The normalized spacial score (nSPS) is 20.8. The highest BCUT2D eigenvalue weighted by molar-refractivity contribution is 6.01. The molecule has 6 nitrogen and oxygen atoms in total. The van der Waals surface area contributed by atoms with Gasteiger partial charge in [-0.25, -0.2) is 0 Å².